The molecule has 1 amide bonds. The molecule has 0 aromatic carbocycles. The van der Waals surface area contributed by atoms with Crippen LogP contribution in [0.25, 0.3) is 11.2 Å². The van der Waals surface area contributed by atoms with Crippen molar-refractivity contribution in [2.24, 2.45) is 5.73 Å². The molecular weight excluding hydrogens is 353 g/mol. The number of carbonyl (C=O) groups is 1. The largest absolute Gasteiger partial charge is 0.353 e. The van der Waals surface area contributed by atoms with E-state index in [9.17, 15) is 4.79 Å². The lowest BCUT2D eigenvalue weighted by atomic mass is 9.94. The van der Waals surface area contributed by atoms with Crippen molar-refractivity contribution in [2.45, 2.75) is 32.2 Å². The van der Waals surface area contributed by atoms with Crippen LogP contribution in [0.4, 0.5) is 5.82 Å². The predicted octanol–water partition coefficient (Wildman–Crippen LogP) is 1.27. The van der Waals surface area contributed by atoms with Gasteiger partial charge in [0.15, 0.2) is 11.5 Å². The molecule has 0 unspecified atom stereocenters. The molecule has 2 rings (SSSR count). The van der Waals surface area contributed by atoms with Crippen molar-refractivity contribution in [3.8, 4) is 0 Å². The highest BCUT2D eigenvalue weighted by atomic mass is 35.5. The van der Waals surface area contributed by atoms with Crippen LogP contribution in [0.5, 0.6) is 0 Å². The van der Waals surface area contributed by atoms with Crippen LogP contribution >= 0.6 is 24.8 Å². The topological polar surface area (TPSA) is 113 Å². The van der Waals surface area contributed by atoms with E-state index in [4.69, 9.17) is 5.73 Å². The van der Waals surface area contributed by atoms with Crippen molar-refractivity contribution in [1.82, 2.24) is 25.3 Å². The van der Waals surface area contributed by atoms with Gasteiger partial charge in [-0.2, -0.15) is 0 Å². The number of carbonyl (C=O) groups excluding carboxylic acids is 1. The Bertz CT molecular complexity index is 645. The van der Waals surface area contributed by atoms with Gasteiger partial charge in [0.1, 0.15) is 11.8 Å². The number of fused-ring (bicyclic) bond motifs is 1. The van der Waals surface area contributed by atoms with Gasteiger partial charge in [-0.05, 0) is 12.8 Å². The summed E-state index contributed by atoms with van der Waals surface area (Å²) in [7, 11) is 1.80. The van der Waals surface area contributed by atoms with Crippen molar-refractivity contribution in [3.05, 3.63) is 12.7 Å². The molecule has 2 aromatic rings. The summed E-state index contributed by atoms with van der Waals surface area (Å²) < 4.78 is 0. The van der Waals surface area contributed by atoms with Gasteiger partial charge < -0.3 is 20.9 Å². The van der Waals surface area contributed by atoms with Crippen LogP contribution < -0.4 is 16.0 Å². The van der Waals surface area contributed by atoms with Gasteiger partial charge in [0, 0.05) is 19.1 Å². The van der Waals surface area contributed by atoms with Gasteiger partial charge >= 0.3 is 0 Å². The first kappa shape index (κ1) is 22.4. The number of rotatable bonds is 7. The first-order valence-electron chi connectivity index (χ1n) is 7.40. The van der Waals surface area contributed by atoms with Crippen LogP contribution in [-0.2, 0) is 4.79 Å². The van der Waals surface area contributed by atoms with Crippen LogP contribution in [0.3, 0.4) is 0 Å². The molecule has 0 saturated heterocycles. The summed E-state index contributed by atoms with van der Waals surface area (Å²) in [5.74, 6) is 0.549. The number of aromatic nitrogens is 4. The molecule has 136 valence electrons. The third-order valence-electron chi connectivity index (χ3n) is 3.99. The Morgan fingerprint density at radius 3 is 2.58 bits per heavy atom. The van der Waals surface area contributed by atoms with Gasteiger partial charge in [-0.25, -0.2) is 15.0 Å². The average Bonchev–Trinajstić information content (AvgIpc) is 3.01. The van der Waals surface area contributed by atoms with E-state index in [0.29, 0.717) is 23.5 Å². The number of likely N-dealkylation sites (N-methyl/N-ethyl adjacent to an activating group) is 1. The summed E-state index contributed by atoms with van der Waals surface area (Å²) in [4.78, 5) is 29.2. The number of nitrogens with two attached hydrogens (primary N) is 1. The predicted molar refractivity (Wildman–Crippen MR) is 100.0 cm³/mol. The zero-order valence-corrected chi connectivity index (χ0v) is 15.7. The van der Waals surface area contributed by atoms with E-state index < -0.39 is 0 Å². The summed E-state index contributed by atoms with van der Waals surface area (Å²) in [5.41, 5.74) is 7.13. The summed E-state index contributed by atoms with van der Waals surface area (Å²) in [6, 6.07) is 0. The molecule has 0 atom stereocenters. The first-order valence-corrected chi connectivity index (χ1v) is 7.40. The smallest absolute Gasteiger partial charge is 0.239 e. The maximum atomic E-state index is 12.1. The molecule has 0 radical (unpaired) electrons. The second-order valence-corrected chi connectivity index (χ2v) is 5.50. The molecule has 2 heterocycles. The molecule has 0 bridgehead atoms. The number of imidazole rings is 1. The minimum Gasteiger partial charge on any atom is -0.353 e. The molecule has 0 aliphatic rings. The van der Waals surface area contributed by atoms with Crippen molar-refractivity contribution in [1.29, 1.82) is 0 Å². The molecule has 0 fully saturated rings. The van der Waals surface area contributed by atoms with Crippen molar-refractivity contribution < 1.29 is 4.79 Å². The highest BCUT2D eigenvalue weighted by Crippen LogP contribution is 2.17. The third kappa shape index (κ3) is 5.19. The fourth-order valence-electron chi connectivity index (χ4n) is 2.16. The molecule has 0 aliphatic carbocycles. The molecule has 8 nitrogen and oxygen atoms in total. The highest BCUT2D eigenvalue weighted by Gasteiger charge is 2.21. The van der Waals surface area contributed by atoms with E-state index >= 15 is 0 Å². The standard InChI is InChI=1S/C14H23N7O.2ClH/c1-4-14(15,5-2)7-16-10(22)6-21(3)13-11-12(18-8-17-11)19-9-20-13;;/h8-9H,4-7,15H2,1-3H3,(H,16,22)(H,17,18,19,20);2*1H. The maximum Gasteiger partial charge on any atom is 0.239 e. The molecule has 0 spiro atoms. The second kappa shape index (κ2) is 9.61. The van der Waals surface area contributed by atoms with E-state index in [1.54, 1.807) is 18.3 Å². The minimum absolute atomic E-state index is 0. The van der Waals surface area contributed by atoms with E-state index in [2.05, 4.69) is 25.3 Å². The van der Waals surface area contributed by atoms with Crippen molar-refractivity contribution in [3.63, 3.8) is 0 Å². The number of amides is 1. The normalized spacial score (nSPS) is 10.7. The Balaban J connectivity index is 0.00000264. The van der Waals surface area contributed by atoms with Crippen LogP contribution in [0, 0.1) is 0 Å². The number of H-pyrrole nitrogens is 1. The summed E-state index contributed by atoms with van der Waals surface area (Å²) in [5, 5.41) is 2.89. The molecule has 4 N–H and O–H groups in total. The van der Waals surface area contributed by atoms with Gasteiger partial charge in [-0.15, -0.1) is 24.8 Å². The molecule has 10 heteroatoms. The number of halogens is 2. The summed E-state index contributed by atoms with van der Waals surface area (Å²) in [6.07, 6.45) is 4.63. The number of hydrogen-bond acceptors (Lipinski definition) is 6. The Hall–Kier alpha value is -1.64. The van der Waals surface area contributed by atoms with Gasteiger partial charge in [0.05, 0.1) is 12.9 Å². The van der Waals surface area contributed by atoms with Crippen LogP contribution in [0.1, 0.15) is 26.7 Å². The molecular formula is C14H25Cl2N7O. The van der Waals surface area contributed by atoms with Gasteiger partial charge in [0.2, 0.25) is 5.91 Å². The zero-order valence-electron chi connectivity index (χ0n) is 14.1. The molecule has 2 aromatic heterocycles. The highest BCUT2D eigenvalue weighted by molar-refractivity contribution is 5.87. The third-order valence-corrected chi connectivity index (χ3v) is 3.99. The van der Waals surface area contributed by atoms with Crippen LogP contribution in [-0.4, -0.2) is 51.5 Å². The monoisotopic (exact) mass is 377 g/mol. The van der Waals surface area contributed by atoms with E-state index in [1.165, 1.54) is 6.33 Å². The Labute approximate surface area is 153 Å². The van der Waals surface area contributed by atoms with E-state index in [0.717, 1.165) is 12.8 Å². The maximum absolute atomic E-state index is 12.1. The number of nitrogens with one attached hydrogen (secondary N) is 2. The van der Waals surface area contributed by atoms with Gasteiger partial charge in [-0.1, -0.05) is 13.8 Å². The van der Waals surface area contributed by atoms with Crippen molar-refractivity contribution >= 4 is 47.7 Å². The second-order valence-electron chi connectivity index (χ2n) is 5.50. The lowest BCUT2D eigenvalue weighted by Crippen LogP contribution is -2.50. The Kier molecular flexibility index (Phi) is 8.95. The zero-order chi connectivity index (χ0) is 16.2. The average molecular weight is 378 g/mol. The molecule has 0 aliphatic heterocycles. The number of hydrogen-bond donors (Lipinski definition) is 3. The number of aromatic amines is 1. The quantitative estimate of drug-likeness (QED) is 0.669. The lowest BCUT2D eigenvalue weighted by Gasteiger charge is -2.27. The molecule has 24 heavy (non-hydrogen) atoms. The fourth-order valence-corrected chi connectivity index (χ4v) is 2.16. The van der Waals surface area contributed by atoms with Crippen molar-refractivity contribution in [2.75, 3.05) is 25.0 Å². The van der Waals surface area contributed by atoms with Gasteiger partial charge in [0.25, 0.3) is 0 Å². The van der Waals surface area contributed by atoms with Crippen LogP contribution in [0.15, 0.2) is 12.7 Å². The first-order chi connectivity index (χ1) is 10.5. The van der Waals surface area contributed by atoms with Crippen LogP contribution in [0.2, 0.25) is 0 Å². The minimum atomic E-state index is -0.347. The van der Waals surface area contributed by atoms with E-state index in [-0.39, 0.29) is 42.8 Å². The Morgan fingerprint density at radius 2 is 1.96 bits per heavy atom. The fraction of sp³-hybridized carbons (Fsp3) is 0.571. The number of nitrogens with zero attached hydrogens (tertiary/aromatic N) is 4. The van der Waals surface area contributed by atoms with Gasteiger partial charge in [-0.3, -0.25) is 4.79 Å². The number of anilines is 1. The summed E-state index contributed by atoms with van der Waals surface area (Å²) >= 11 is 0. The SMILES string of the molecule is CCC(N)(CC)CNC(=O)CN(C)c1ncnc2nc[nH]c12.Cl.Cl. The van der Waals surface area contributed by atoms with E-state index in [1.807, 2.05) is 13.8 Å². The lowest BCUT2D eigenvalue weighted by molar-refractivity contribution is -0.120. The summed E-state index contributed by atoms with van der Waals surface area (Å²) in [6.45, 7) is 4.71. The molecule has 0 saturated carbocycles. The Morgan fingerprint density at radius 1 is 1.29 bits per heavy atom.